The molecule has 17 heavy (non-hydrogen) atoms. The molecule has 0 heterocycles. The highest BCUT2D eigenvalue weighted by molar-refractivity contribution is 5.76. The van der Waals surface area contributed by atoms with Crippen LogP contribution in [-0.4, -0.2) is 13.1 Å². The third-order valence-electron chi connectivity index (χ3n) is 3.22. The van der Waals surface area contributed by atoms with Crippen molar-refractivity contribution in [2.45, 2.75) is 32.6 Å². The van der Waals surface area contributed by atoms with E-state index in [1.54, 1.807) is 13.2 Å². The Morgan fingerprint density at radius 3 is 2.59 bits per heavy atom. The second-order valence-corrected chi connectivity index (χ2v) is 4.56. The number of hydrogen-bond acceptors (Lipinski definition) is 3. The van der Waals surface area contributed by atoms with E-state index in [4.69, 9.17) is 9.47 Å². The van der Waals surface area contributed by atoms with Gasteiger partial charge in [0.25, 0.3) is 0 Å². The summed E-state index contributed by atoms with van der Waals surface area (Å²) in [5, 5.41) is 0. The molecule has 0 atom stereocenters. The van der Waals surface area contributed by atoms with Gasteiger partial charge in [-0.2, -0.15) is 0 Å². The molecule has 0 aliphatic heterocycles. The van der Waals surface area contributed by atoms with Crippen molar-refractivity contribution in [3.63, 3.8) is 0 Å². The predicted molar refractivity (Wildman–Crippen MR) is 65.3 cm³/mol. The normalized spacial score (nSPS) is 15.9. The van der Waals surface area contributed by atoms with E-state index < -0.39 is 0 Å². The van der Waals surface area contributed by atoms with Gasteiger partial charge in [0.2, 0.25) is 0 Å². The highest BCUT2D eigenvalue weighted by Gasteiger charge is 2.25. The summed E-state index contributed by atoms with van der Waals surface area (Å²) in [6.07, 6.45) is 4.16. The van der Waals surface area contributed by atoms with Crippen molar-refractivity contribution in [3.8, 4) is 11.5 Å². The molecule has 0 aromatic heterocycles. The number of carbonyl (C=O) groups is 1. The molecule has 0 N–H and O–H groups in total. The highest BCUT2D eigenvalue weighted by Crippen LogP contribution is 2.31. The van der Waals surface area contributed by atoms with Crippen molar-refractivity contribution in [2.75, 3.05) is 7.11 Å². The standard InChI is InChI=1S/C14H18O3/c1-10-7-8-12(13(9-10)16-2)17-14(15)11-5-3-4-6-11/h7-9,11H,3-6H2,1-2H3. The van der Waals surface area contributed by atoms with Gasteiger partial charge >= 0.3 is 5.97 Å². The Hall–Kier alpha value is -1.51. The van der Waals surface area contributed by atoms with Gasteiger partial charge in [0, 0.05) is 0 Å². The SMILES string of the molecule is COc1cc(C)ccc1OC(=O)C1CCCC1. The second-order valence-electron chi connectivity index (χ2n) is 4.56. The van der Waals surface area contributed by atoms with Crippen LogP contribution in [0.4, 0.5) is 0 Å². The molecule has 1 aliphatic carbocycles. The number of esters is 1. The molecule has 92 valence electrons. The molecule has 0 spiro atoms. The number of carbonyl (C=O) groups excluding carboxylic acids is 1. The van der Waals surface area contributed by atoms with Crippen molar-refractivity contribution in [2.24, 2.45) is 5.92 Å². The zero-order valence-electron chi connectivity index (χ0n) is 10.4. The van der Waals surface area contributed by atoms with Gasteiger partial charge in [-0.1, -0.05) is 18.9 Å². The first kappa shape index (κ1) is 12.0. The molecule has 1 fully saturated rings. The van der Waals surface area contributed by atoms with Gasteiger partial charge in [-0.3, -0.25) is 4.79 Å². The lowest BCUT2D eigenvalue weighted by atomic mass is 10.1. The van der Waals surface area contributed by atoms with Crippen LogP contribution >= 0.6 is 0 Å². The Labute approximate surface area is 102 Å². The number of hydrogen-bond donors (Lipinski definition) is 0. The van der Waals surface area contributed by atoms with Gasteiger partial charge < -0.3 is 9.47 Å². The van der Waals surface area contributed by atoms with Gasteiger partial charge in [-0.15, -0.1) is 0 Å². The Bertz CT molecular complexity index is 406. The largest absolute Gasteiger partial charge is 0.493 e. The molecule has 1 aliphatic rings. The van der Waals surface area contributed by atoms with Crippen LogP contribution in [0.5, 0.6) is 11.5 Å². The molecule has 0 radical (unpaired) electrons. The van der Waals surface area contributed by atoms with E-state index in [2.05, 4.69) is 0 Å². The molecule has 0 bridgehead atoms. The van der Waals surface area contributed by atoms with Crippen LogP contribution in [0.1, 0.15) is 31.2 Å². The molecule has 1 aromatic carbocycles. The maximum absolute atomic E-state index is 11.9. The molecule has 1 aromatic rings. The molecule has 0 unspecified atom stereocenters. The van der Waals surface area contributed by atoms with Crippen molar-refractivity contribution < 1.29 is 14.3 Å². The van der Waals surface area contributed by atoms with Crippen LogP contribution in [0, 0.1) is 12.8 Å². The number of methoxy groups -OCH3 is 1. The summed E-state index contributed by atoms with van der Waals surface area (Å²) in [6.45, 7) is 1.98. The topological polar surface area (TPSA) is 35.5 Å². The van der Waals surface area contributed by atoms with Crippen molar-refractivity contribution in [3.05, 3.63) is 23.8 Å². The van der Waals surface area contributed by atoms with Gasteiger partial charge in [0.1, 0.15) is 0 Å². The minimum absolute atomic E-state index is 0.0704. The summed E-state index contributed by atoms with van der Waals surface area (Å²) in [7, 11) is 1.58. The molecule has 3 heteroatoms. The molecule has 2 rings (SSSR count). The fourth-order valence-electron chi connectivity index (χ4n) is 2.21. The predicted octanol–water partition coefficient (Wildman–Crippen LogP) is 3.10. The van der Waals surface area contributed by atoms with Crippen LogP contribution in [0.2, 0.25) is 0 Å². The van der Waals surface area contributed by atoms with E-state index in [-0.39, 0.29) is 11.9 Å². The molecule has 0 amide bonds. The van der Waals surface area contributed by atoms with Gasteiger partial charge in [0.15, 0.2) is 11.5 Å². The molecule has 3 nitrogen and oxygen atoms in total. The Kier molecular flexibility index (Phi) is 3.67. The lowest BCUT2D eigenvalue weighted by molar-refractivity contribution is -0.138. The minimum Gasteiger partial charge on any atom is -0.493 e. The number of rotatable bonds is 3. The summed E-state index contributed by atoms with van der Waals surface area (Å²) in [5.41, 5.74) is 1.09. The van der Waals surface area contributed by atoms with Gasteiger partial charge in [-0.05, 0) is 37.5 Å². The molecular formula is C14H18O3. The smallest absolute Gasteiger partial charge is 0.314 e. The maximum Gasteiger partial charge on any atom is 0.314 e. The lowest BCUT2D eigenvalue weighted by Crippen LogP contribution is -2.17. The summed E-state index contributed by atoms with van der Waals surface area (Å²) < 4.78 is 10.6. The number of ether oxygens (including phenoxy) is 2. The molecule has 0 saturated heterocycles. The Balaban J connectivity index is 2.09. The van der Waals surface area contributed by atoms with Gasteiger partial charge in [0.05, 0.1) is 13.0 Å². The van der Waals surface area contributed by atoms with E-state index in [9.17, 15) is 4.79 Å². The van der Waals surface area contributed by atoms with E-state index in [1.165, 1.54) is 0 Å². The van der Waals surface area contributed by atoms with Crippen LogP contribution in [0.25, 0.3) is 0 Å². The fraction of sp³-hybridized carbons (Fsp3) is 0.500. The first-order chi connectivity index (χ1) is 8.20. The summed E-state index contributed by atoms with van der Waals surface area (Å²) in [5.74, 6) is 1.09. The average Bonchev–Trinajstić information content (AvgIpc) is 2.85. The first-order valence-corrected chi connectivity index (χ1v) is 6.07. The van der Waals surface area contributed by atoms with Crippen LogP contribution < -0.4 is 9.47 Å². The summed E-state index contributed by atoms with van der Waals surface area (Å²) in [6, 6.07) is 5.58. The van der Waals surface area contributed by atoms with Gasteiger partial charge in [-0.25, -0.2) is 0 Å². The first-order valence-electron chi connectivity index (χ1n) is 6.07. The van der Waals surface area contributed by atoms with Crippen LogP contribution in [0.15, 0.2) is 18.2 Å². The third-order valence-corrected chi connectivity index (χ3v) is 3.22. The number of aryl methyl sites for hydroxylation is 1. The molecule has 1 saturated carbocycles. The fourth-order valence-corrected chi connectivity index (χ4v) is 2.21. The lowest BCUT2D eigenvalue weighted by Gasteiger charge is -2.12. The number of benzene rings is 1. The highest BCUT2D eigenvalue weighted by atomic mass is 16.6. The Morgan fingerprint density at radius 1 is 1.24 bits per heavy atom. The Morgan fingerprint density at radius 2 is 1.94 bits per heavy atom. The third kappa shape index (κ3) is 2.78. The van der Waals surface area contributed by atoms with E-state index >= 15 is 0 Å². The second kappa shape index (κ2) is 5.21. The minimum atomic E-state index is -0.121. The van der Waals surface area contributed by atoms with Crippen molar-refractivity contribution >= 4 is 5.97 Å². The zero-order valence-corrected chi connectivity index (χ0v) is 10.4. The van der Waals surface area contributed by atoms with Crippen LogP contribution in [-0.2, 0) is 4.79 Å². The van der Waals surface area contributed by atoms with E-state index in [0.717, 1.165) is 31.2 Å². The monoisotopic (exact) mass is 234 g/mol. The van der Waals surface area contributed by atoms with Crippen LogP contribution in [0.3, 0.4) is 0 Å². The average molecular weight is 234 g/mol. The maximum atomic E-state index is 11.9. The zero-order chi connectivity index (χ0) is 12.3. The van der Waals surface area contributed by atoms with E-state index in [1.807, 2.05) is 19.1 Å². The summed E-state index contributed by atoms with van der Waals surface area (Å²) >= 11 is 0. The molecular weight excluding hydrogens is 216 g/mol. The van der Waals surface area contributed by atoms with Crippen molar-refractivity contribution in [1.29, 1.82) is 0 Å². The quantitative estimate of drug-likeness (QED) is 0.595. The summed E-state index contributed by atoms with van der Waals surface area (Å²) in [4.78, 5) is 11.9. The van der Waals surface area contributed by atoms with Crippen molar-refractivity contribution in [1.82, 2.24) is 0 Å². The van der Waals surface area contributed by atoms with E-state index in [0.29, 0.717) is 11.5 Å².